The second kappa shape index (κ2) is 9.22. The number of nitrogens with zero attached hydrogens (tertiary/aromatic N) is 5. The molecule has 0 spiro atoms. The van der Waals surface area contributed by atoms with Crippen molar-refractivity contribution < 1.29 is 22.0 Å². The lowest BCUT2D eigenvalue weighted by Crippen LogP contribution is -2.30. The maximum Gasteiger partial charge on any atom is 0.314 e. The second-order valence-corrected chi connectivity index (χ2v) is 6.42. The van der Waals surface area contributed by atoms with Crippen LogP contribution in [0.2, 0.25) is 0 Å². The molecule has 12 heteroatoms. The Morgan fingerprint density at radius 2 is 2.27 bits per heavy atom. The Morgan fingerprint density at radius 1 is 1.50 bits per heavy atom. The Labute approximate surface area is 153 Å². The van der Waals surface area contributed by atoms with Crippen LogP contribution < -0.4 is 0 Å². The van der Waals surface area contributed by atoms with E-state index in [9.17, 15) is 17.5 Å². The maximum atomic E-state index is 12.5. The Kier molecular flexibility index (Phi) is 7.00. The molecule has 1 atom stereocenters. The number of thiazole rings is 1. The minimum atomic E-state index is -2.87. The highest BCUT2D eigenvalue weighted by Gasteiger charge is 2.20. The molecule has 8 nitrogen and oxygen atoms in total. The average molecular weight is 401 g/mol. The number of hydrogen-bond acceptors (Lipinski definition) is 7. The summed E-state index contributed by atoms with van der Waals surface area (Å²) in [5.74, 6) is -0.756. The fourth-order valence-corrected chi connectivity index (χ4v) is 3.07. The van der Waals surface area contributed by atoms with Crippen LogP contribution in [-0.2, 0) is 17.8 Å². The summed E-state index contributed by atoms with van der Waals surface area (Å²) in [5, 5.41) is 7.17. The molecule has 0 bridgehead atoms. The number of aromatic nitrogens is 3. The number of hydrogen-bond donors (Lipinski definition) is 1. The van der Waals surface area contributed by atoms with Gasteiger partial charge >= 0.3 is 6.43 Å². The topological polar surface area (TPSA) is 105 Å². The molecule has 0 aliphatic carbocycles. The lowest BCUT2D eigenvalue weighted by molar-refractivity contribution is 0.116. The van der Waals surface area contributed by atoms with E-state index in [1.54, 1.807) is 6.08 Å². The van der Waals surface area contributed by atoms with Crippen molar-refractivity contribution in [2.45, 2.75) is 13.0 Å². The van der Waals surface area contributed by atoms with Crippen molar-refractivity contribution in [2.24, 2.45) is 4.99 Å². The maximum absolute atomic E-state index is 12.5. The molecule has 0 aliphatic rings. The first kappa shape index (κ1) is 19.8. The van der Waals surface area contributed by atoms with Gasteiger partial charge in [0.2, 0.25) is 0 Å². The summed E-state index contributed by atoms with van der Waals surface area (Å²) < 4.78 is 52.0. The molecule has 1 N–H and O–H groups in total. The number of alkyl halides is 2. The van der Waals surface area contributed by atoms with E-state index < -0.39 is 23.6 Å². The third-order valence-corrected chi connectivity index (χ3v) is 4.39. The SMILES string of the molecule is C=C/C=C\N=C(C=C)N(Cc1ncc(-c2nnc(C(F)F)o2)s1)S(=O)O. The van der Waals surface area contributed by atoms with Crippen LogP contribution in [0, 0.1) is 0 Å². The number of halogens is 2. The van der Waals surface area contributed by atoms with E-state index in [0.29, 0.717) is 9.88 Å². The van der Waals surface area contributed by atoms with Crippen molar-refractivity contribution in [1.29, 1.82) is 0 Å². The van der Waals surface area contributed by atoms with Crippen LogP contribution in [0.1, 0.15) is 17.3 Å². The van der Waals surface area contributed by atoms with Gasteiger partial charge in [-0.3, -0.25) is 4.55 Å². The lowest BCUT2D eigenvalue weighted by atomic mass is 10.5. The molecule has 2 aromatic heterocycles. The molecule has 0 aliphatic heterocycles. The Hall–Kier alpha value is -2.57. The van der Waals surface area contributed by atoms with Crippen molar-refractivity contribution in [3.8, 4) is 10.8 Å². The number of amidine groups is 1. The van der Waals surface area contributed by atoms with Gasteiger partial charge in [0, 0.05) is 6.20 Å². The van der Waals surface area contributed by atoms with E-state index in [2.05, 4.69) is 33.3 Å². The van der Waals surface area contributed by atoms with Crippen molar-refractivity contribution >= 4 is 28.4 Å². The minimum absolute atomic E-state index is 0.0730. The quantitative estimate of drug-likeness (QED) is 0.315. The first-order valence-corrected chi connectivity index (χ1v) is 8.77. The lowest BCUT2D eigenvalue weighted by Gasteiger charge is -2.17. The summed E-state index contributed by atoms with van der Waals surface area (Å²) in [6.07, 6.45) is 4.22. The normalized spacial score (nSPS) is 13.3. The third kappa shape index (κ3) is 4.97. The van der Waals surface area contributed by atoms with Gasteiger partial charge in [0.05, 0.1) is 12.7 Å². The summed E-state index contributed by atoms with van der Waals surface area (Å²) in [7, 11) is 0. The zero-order valence-electron chi connectivity index (χ0n) is 13.2. The van der Waals surface area contributed by atoms with Crippen LogP contribution in [0.5, 0.6) is 0 Å². The van der Waals surface area contributed by atoms with Gasteiger partial charge in [0.15, 0.2) is 0 Å². The zero-order valence-corrected chi connectivity index (χ0v) is 14.8. The highest BCUT2D eigenvalue weighted by Crippen LogP contribution is 2.28. The molecule has 1 unspecified atom stereocenters. The summed E-state index contributed by atoms with van der Waals surface area (Å²) in [4.78, 5) is 8.44. The summed E-state index contributed by atoms with van der Waals surface area (Å²) >= 11 is -1.34. The van der Waals surface area contributed by atoms with Crippen molar-refractivity contribution in [3.05, 3.63) is 54.7 Å². The number of aliphatic imine (C=N–C) groups is 1. The Bertz CT molecular complexity index is 862. The molecule has 138 valence electrons. The standard InChI is InChI=1S/C14H13F2N5O3S2/c1-3-5-6-17-10(4-2)21(26(22)23)8-11-18-7-9(25-11)13-19-20-14(24-13)12(15)16/h3-7,12H,1-2,8H2,(H,22,23)/b6-5-,17-10?. The Morgan fingerprint density at radius 3 is 2.85 bits per heavy atom. The highest BCUT2D eigenvalue weighted by atomic mass is 32.2. The molecule has 0 saturated carbocycles. The minimum Gasteiger partial charge on any atom is -0.414 e. The van der Waals surface area contributed by atoms with E-state index in [0.717, 1.165) is 15.6 Å². The van der Waals surface area contributed by atoms with E-state index >= 15 is 0 Å². The number of allylic oxidation sites excluding steroid dienone is 2. The van der Waals surface area contributed by atoms with Crippen molar-refractivity contribution in [1.82, 2.24) is 19.5 Å². The number of rotatable bonds is 8. The van der Waals surface area contributed by atoms with E-state index in [1.165, 1.54) is 24.5 Å². The van der Waals surface area contributed by atoms with Gasteiger partial charge in [-0.05, 0) is 12.2 Å². The smallest absolute Gasteiger partial charge is 0.314 e. The van der Waals surface area contributed by atoms with Gasteiger partial charge in [0.25, 0.3) is 23.0 Å². The molecule has 0 fully saturated rings. The second-order valence-electron chi connectivity index (χ2n) is 4.40. The molecular formula is C14H13F2N5O3S2. The molecule has 2 aromatic rings. The predicted molar refractivity (Wildman–Crippen MR) is 93.6 cm³/mol. The average Bonchev–Trinajstić information content (AvgIpc) is 3.26. The molecule has 2 heterocycles. The summed E-state index contributed by atoms with van der Waals surface area (Å²) in [6.45, 7) is 6.98. The van der Waals surface area contributed by atoms with Crippen molar-refractivity contribution in [2.75, 3.05) is 0 Å². The van der Waals surface area contributed by atoms with E-state index in [4.69, 9.17) is 4.42 Å². The summed E-state index contributed by atoms with van der Waals surface area (Å²) in [5.41, 5.74) is 0. The molecule has 0 saturated heterocycles. The van der Waals surface area contributed by atoms with Gasteiger partial charge in [0.1, 0.15) is 15.7 Å². The molecule has 2 rings (SSSR count). The Balaban J connectivity index is 2.21. The van der Waals surface area contributed by atoms with Gasteiger partial charge in [-0.15, -0.1) is 21.5 Å². The monoisotopic (exact) mass is 401 g/mol. The van der Waals surface area contributed by atoms with Crippen LogP contribution in [0.15, 0.2) is 53.2 Å². The van der Waals surface area contributed by atoms with E-state index in [1.807, 2.05) is 0 Å². The van der Waals surface area contributed by atoms with E-state index in [-0.39, 0.29) is 18.3 Å². The molecule has 26 heavy (non-hydrogen) atoms. The molecular weight excluding hydrogens is 388 g/mol. The van der Waals surface area contributed by atoms with Gasteiger partial charge in [-0.25, -0.2) is 18.5 Å². The highest BCUT2D eigenvalue weighted by molar-refractivity contribution is 7.77. The van der Waals surface area contributed by atoms with Gasteiger partial charge < -0.3 is 4.42 Å². The van der Waals surface area contributed by atoms with Gasteiger partial charge in [-0.1, -0.05) is 19.2 Å². The first-order chi connectivity index (χ1) is 12.5. The fourth-order valence-electron chi connectivity index (χ4n) is 1.64. The van der Waals surface area contributed by atoms with Crippen LogP contribution in [0.25, 0.3) is 10.8 Å². The molecule has 0 aromatic carbocycles. The van der Waals surface area contributed by atoms with Crippen LogP contribution in [0.3, 0.4) is 0 Å². The fraction of sp³-hybridized carbons (Fsp3) is 0.143. The van der Waals surface area contributed by atoms with Gasteiger partial charge in [-0.2, -0.15) is 8.78 Å². The predicted octanol–water partition coefficient (Wildman–Crippen LogP) is 3.35. The summed E-state index contributed by atoms with van der Waals surface area (Å²) in [6, 6.07) is 0. The zero-order chi connectivity index (χ0) is 19.1. The third-order valence-electron chi connectivity index (χ3n) is 2.73. The largest absolute Gasteiger partial charge is 0.414 e. The molecule has 0 radical (unpaired) electrons. The van der Waals surface area contributed by atoms with Crippen LogP contribution >= 0.6 is 11.3 Å². The first-order valence-electron chi connectivity index (χ1n) is 6.89. The van der Waals surface area contributed by atoms with Crippen molar-refractivity contribution in [3.63, 3.8) is 0 Å². The molecule has 0 amide bonds. The van der Waals surface area contributed by atoms with Crippen LogP contribution in [0.4, 0.5) is 8.78 Å². The van der Waals surface area contributed by atoms with Crippen LogP contribution in [-0.4, -0.2) is 34.1 Å².